The van der Waals surface area contributed by atoms with Gasteiger partial charge in [0.2, 0.25) is 0 Å². The van der Waals surface area contributed by atoms with E-state index in [1.54, 1.807) is 6.92 Å². The van der Waals surface area contributed by atoms with E-state index in [4.69, 9.17) is 9.47 Å². The van der Waals surface area contributed by atoms with Gasteiger partial charge in [-0.25, -0.2) is 0 Å². The largest absolute Gasteiger partial charge is 0.479 e. The molecule has 0 saturated carbocycles. The molecule has 0 amide bonds. The third-order valence-corrected chi connectivity index (χ3v) is 2.14. The van der Waals surface area contributed by atoms with Crippen LogP contribution in [-0.4, -0.2) is 11.0 Å². The minimum absolute atomic E-state index is 0.0166. The normalized spacial score (nSPS) is 18.7. The van der Waals surface area contributed by atoms with Crippen LogP contribution < -0.4 is 9.47 Å². The predicted molar refractivity (Wildman–Crippen MR) is 53.0 cm³/mol. The zero-order valence-electron chi connectivity index (χ0n) is 8.10. The highest BCUT2D eigenvalue weighted by Gasteiger charge is 2.23. The van der Waals surface area contributed by atoms with Crippen molar-refractivity contribution in [2.45, 2.75) is 13.0 Å². The van der Waals surface area contributed by atoms with E-state index < -0.39 is 4.92 Å². The van der Waals surface area contributed by atoms with Crippen molar-refractivity contribution in [3.05, 3.63) is 40.7 Å². The van der Waals surface area contributed by atoms with Crippen LogP contribution in [0.25, 0.3) is 0 Å². The second-order valence-corrected chi connectivity index (χ2v) is 3.22. The second kappa shape index (κ2) is 3.27. The van der Waals surface area contributed by atoms with Crippen LogP contribution in [0.5, 0.6) is 11.5 Å². The third kappa shape index (κ3) is 1.63. The standard InChI is InChI=1S/C10H9NO4/c1-6-7(2)15-10-5-8(11(12)13)3-4-9(10)14-6/h3-5,7H,1H2,2H3. The van der Waals surface area contributed by atoms with Gasteiger partial charge in [-0.15, -0.1) is 0 Å². The van der Waals surface area contributed by atoms with Crippen molar-refractivity contribution in [3.8, 4) is 11.5 Å². The zero-order valence-corrected chi connectivity index (χ0v) is 8.10. The number of nitrogens with zero attached hydrogens (tertiary/aromatic N) is 1. The Balaban J connectivity index is 2.41. The summed E-state index contributed by atoms with van der Waals surface area (Å²) >= 11 is 0. The Kier molecular flexibility index (Phi) is 2.07. The van der Waals surface area contributed by atoms with E-state index in [0.717, 1.165) is 0 Å². The van der Waals surface area contributed by atoms with Crippen molar-refractivity contribution < 1.29 is 14.4 Å². The van der Waals surface area contributed by atoms with Gasteiger partial charge in [-0.3, -0.25) is 10.1 Å². The minimum atomic E-state index is -0.474. The summed E-state index contributed by atoms with van der Waals surface area (Å²) in [4.78, 5) is 10.0. The smallest absolute Gasteiger partial charge is 0.273 e. The Morgan fingerprint density at radius 1 is 1.47 bits per heavy atom. The SMILES string of the molecule is C=C1Oc2ccc([N+](=O)[O-])cc2OC1C. The first-order chi connectivity index (χ1) is 7.08. The van der Waals surface area contributed by atoms with Gasteiger partial charge in [-0.1, -0.05) is 6.58 Å². The molecule has 1 aromatic carbocycles. The van der Waals surface area contributed by atoms with Crippen LogP contribution >= 0.6 is 0 Å². The molecule has 1 aliphatic rings. The Hall–Kier alpha value is -2.04. The van der Waals surface area contributed by atoms with Crippen molar-refractivity contribution in [1.82, 2.24) is 0 Å². The van der Waals surface area contributed by atoms with Crippen LogP contribution in [0.15, 0.2) is 30.5 Å². The fraction of sp³-hybridized carbons (Fsp3) is 0.200. The van der Waals surface area contributed by atoms with E-state index in [0.29, 0.717) is 17.3 Å². The quantitative estimate of drug-likeness (QED) is 0.523. The van der Waals surface area contributed by atoms with Gasteiger partial charge in [-0.05, 0) is 13.0 Å². The van der Waals surface area contributed by atoms with E-state index in [1.807, 2.05) is 0 Å². The number of hydrogen-bond donors (Lipinski definition) is 0. The van der Waals surface area contributed by atoms with Gasteiger partial charge in [0.15, 0.2) is 17.6 Å². The summed E-state index contributed by atoms with van der Waals surface area (Å²) in [5.74, 6) is 1.34. The summed E-state index contributed by atoms with van der Waals surface area (Å²) in [6, 6.07) is 4.22. The molecule has 0 radical (unpaired) electrons. The molecular weight excluding hydrogens is 198 g/mol. The minimum Gasteiger partial charge on any atom is -0.479 e. The van der Waals surface area contributed by atoms with Crippen LogP contribution in [0, 0.1) is 10.1 Å². The van der Waals surface area contributed by atoms with Crippen LogP contribution in [0.1, 0.15) is 6.92 Å². The lowest BCUT2D eigenvalue weighted by atomic mass is 10.2. The van der Waals surface area contributed by atoms with Gasteiger partial charge in [-0.2, -0.15) is 0 Å². The highest BCUT2D eigenvalue weighted by atomic mass is 16.6. The van der Waals surface area contributed by atoms with Crippen LogP contribution in [-0.2, 0) is 0 Å². The van der Waals surface area contributed by atoms with Crippen molar-refractivity contribution in [2.24, 2.45) is 0 Å². The molecule has 15 heavy (non-hydrogen) atoms. The number of hydrogen-bond acceptors (Lipinski definition) is 4. The first-order valence-corrected chi connectivity index (χ1v) is 4.39. The molecular formula is C10H9NO4. The Morgan fingerprint density at radius 2 is 2.20 bits per heavy atom. The number of benzene rings is 1. The monoisotopic (exact) mass is 207 g/mol. The second-order valence-electron chi connectivity index (χ2n) is 3.22. The van der Waals surface area contributed by atoms with Crippen LogP contribution in [0.2, 0.25) is 0 Å². The van der Waals surface area contributed by atoms with E-state index in [1.165, 1.54) is 18.2 Å². The molecule has 0 saturated heterocycles. The average Bonchev–Trinajstić information content (AvgIpc) is 2.19. The molecule has 0 bridgehead atoms. The first kappa shape index (κ1) is 9.51. The molecule has 0 N–H and O–H groups in total. The Labute approximate surface area is 86.1 Å². The molecule has 0 fully saturated rings. The van der Waals surface area contributed by atoms with Crippen LogP contribution in [0.4, 0.5) is 5.69 Å². The van der Waals surface area contributed by atoms with Crippen molar-refractivity contribution in [1.29, 1.82) is 0 Å². The van der Waals surface area contributed by atoms with Crippen molar-refractivity contribution >= 4 is 5.69 Å². The molecule has 1 aliphatic heterocycles. The highest BCUT2D eigenvalue weighted by Crippen LogP contribution is 2.37. The van der Waals surface area contributed by atoms with Gasteiger partial charge in [0, 0.05) is 6.07 Å². The summed E-state index contributed by atoms with van der Waals surface area (Å²) in [5, 5.41) is 10.5. The van der Waals surface area contributed by atoms with Crippen molar-refractivity contribution in [2.75, 3.05) is 0 Å². The van der Waals surface area contributed by atoms with Gasteiger partial charge < -0.3 is 9.47 Å². The number of nitro benzene ring substituents is 1. The molecule has 0 spiro atoms. The highest BCUT2D eigenvalue weighted by molar-refractivity contribution is 5.50. The third-order valence-electron chi connectivity index (χ3n) is 2.14. The van der Waals surface area contributed by atoms with E-state index in [-0.39, 0.29) is 11.8 Å². The molecule has 1 unspecified atom stereocenters. The number of fused-ring (bicyclic) bond motifs is 1. The van der Waals surface area contributed by atoms with Crippen molar-refractivity contribution in [3.63, 3.8) is 0 Å². The number of non-ortho nitro benzene ring substituents is 1. The first-order valence-electron chi connectivity index (χ1n) is 4.39. The summed E-state index contributed by atoms with van der Waals surface area (Å²) in [6.45, 7) is 5.44. The van der Waals surface area contributed by atoms with E-state index in [9.17, 15) is 10.1 Å². The maximum atomic E-state index is 10.5. The lowest BCUT2D eigenvalue weighted by Crippen LogP contribution is -2.22. The molecule has 5 heteroatoms. The molecule has 2 rings (SSSR count). The molecule has 0 aliphatic carbocycles. The molecule has 78 valence electrons. The zero-order chi connectivity index (χ0) is 11.0. The molecule has 1 atom stereocenters. The van der Waals surface area contributed by atoms with Crippen LogP contribution in [0.3, 0.4) is 0 Å². The topological polar surface area (TPSA) is 61.6 Å². The van der Waals surface area contributed by atoms with Gasteiger partial charge in [0.25, 0.3) is 5.69 Å². The fourth-order valence-corrected chi connectivity index (χ4v) is 1.27. The maximum absolute atomic E-state index is 10.5. The van der Waals surface area contributed by atoms with E-state index >= 15 is 0 Å². The Morgan fingerprint density at radius 3 is 2.87 bits per heavy atom. The molecule has 0 aromatic heterocycles. The fourth-order valence-electron chi connectivity index (χ4n) is 1.27. The molecule has 1 heterocycles. The lowest BCUT2D eigenvalue weighted by molar-refractivity contribution is -0.385. The number of nitro groups is 1. The Bertz CT molecular complexity index is 441. The summed E-state index contributed by atoms with van der Waals surface area (Å²) in [5.41, 5.74) is -0.0166. The van der Waals surface area contributed by atoms with Gasteiger partial charge >= 0.3 is 0 Å². The maximum Gasteiger partial charge on any atom is 0.273 e. The average molecular weight is 207 g/mol. The summed E-state index contributed by atoms with van der Waals surface area (Å²) in [7, 11) is 0. The molecule has 5 nitrogen and oxygen atoms in total. The summed E-state index contributed by atoms with van der Waals surface area (Å²) < 4.78 is 10.7. The number of rotatable bonds is 1. The van der Waals surface area contributed by atoms with E-state index in [2.05, 4.69) is 6.58 Å². The number of ether oxygens (including phenoxy) is 2. The van der Waals surface area contributed by atoms with Gasteiger partial charge in [0.1, 0.15) is 5.76 Å². The lowest BCUT2D eigenvalue weighted by Gasteiger charge is -2.24. The molecule has 1 aromatic rings. The summed E-state index contributed by atoms with van der Waals surface area (Å²) in [6.07, 6.45) is -0.292. The predicted octanol–water partition coefficient (Wildman–Crippen LogP) is 2.27. The van der Waals surface area contributed by atoms with Gasteiger partial charge in [0.05, 0.1) is 11.0 Å².